The number of anilines is 1. The van der Waals surface area contributed by atoms with Gasteiger partial charge in [0, 0.05) is 16.1 Å². The van der Waals surface area contributed by atoms with Crippen LogP contribution in [-0.4, -0.2) is 29.7 Å². The van der Waals surface area contributed by atoms with Crippen molar-refractivity contribution in [1.29, 1.82) is 0 Å². The maximum absolute atomic E-state index is 13.7. The van der Waals surface area contributed by atoms with Crippen LogP contribution < -0.4 is 18.5 Å². The van der Waals surface area contributed by atoms with Crippen molar-refractivity contribution in [2.45, 2.75) is 11.4 Å². The zero-order chi connectivity index (χ0) is 22.6. The summed E-state index contributed by atoms with van der Waals surface area (Å²) in [6, 6.07) is 16.0. The Morgan fingerprint density at radius 1 is 0.806 bits per heavy atom. The third kappa shape index (κ3) is 5.01. The van der Waals surface area contributed by atoms with Crippen molar-refractivity contribution >= 4 is 38.9 Å². The normalized spacial score (nSPS) is 11.1. The van der Waals surface area contributed by atoms with E-state index in [1.54, 1.807) is 48.5 Å². The second-order valence-electron chi connectivity index (χ2n) is 6.46. The standard InChI is InChI=1S/C22H21Cl2NO5S/c1-28-17-6-9-19(10-7-17)31(26,27)25(14-15-4-5-16(23)12-20(15)24)21-11-8-18(29-2)13-22(21)30-3/h4-13H,14H2,1-3H3. The van der Waals surface area contributed by atoms with Crippen LogP contribution in [0.25, 0.3) is 0 Å². The molecule has 0 radical (unpaired) electrons. The molecule has 0 saturated carbocycles. The average molecular weight is 482 g/mol. The molecule has 0 saturated heterocycles. The Bertz CT molecular complexity index is 1170. The van der Waals surface area contributed by atoms with Crippen molar-refractivity contribution in [1.82, 2.24) is 0 Å². The number of halogens is 2. The van der Waals surface area contributed by atoms with Crippen LogP contribution in [0.2, 0.25) is 10.0 Å². The van der Waals surface area contributed by atoms with E-state index in [9.17, 15) is 8.42 Å². The van der Waals surface area contributed by atoms with E-state index in [2.05, 4.69) is 0 Å². The van der Waals surface area contributed by atoms with Crippen LogP contribution >= 0.6 is 23.2 Å². The molecular weight excluding hydrogens is 461 g/mol. The van der Waals surface area contributed by atoms with Gasteiger partial charge in [0.2, 0.25) is 0 Å². The molecule has 0 atom stereocenters. The topological polar surface area (TPSA) is 65.1 Å². The third-order valence-electron chi connectivity index (χ3n) is 4.63. The summed E-state index contributed by atoms with van der Waals surface area (Å²) in [5.74, 6) is 1.42. The molecule has 0 aliphatic rings. The Kier molecular flexibility index (Phi) is 7.20. The highest BCUT2D eigenvalue weighted by molar-refractivity contribution is 7.92. The maximum Gasteiger partial charge on any atom is 0.264 e. The molecule has 9 heteroatoms. The summed E-state index contributed by atoms with van der Waals surface area (Å²) in [4.78, 5) is 0.0938. The van der Waals surface area contributed by atoms with Gasteiger partial charge in [-0.2, -0.15) is 0 Å². The molecule has 3 aromatic rings. The lowest BCUT2D eigenvalue weighted by Gasteiger charge is -2.27. The third-order valence-corrected chi connectivity index (χ3v) is 6.99. The number of hydrogen-bond donors (Lipinski definition) is 0. The van der Waals surface area contributed by atoms with Crippen LogP contribution in [0.1, 0.15) is 5.56 Å². The molecule has 0 spiro atoms. The van der Waals surface area contributed by atoms with E-state index in [4.69, 9.17) is 37.4 Å². The Hall–Kier alpha value is -2.61. The molecule has 3 aromatic carbocycles. The number of ether oxygens (including phenoxy) is 3. The van der Waals surface area contributed by atoms with E-state index in [-0.39, 0.29) is 11.4 Å². The average Bonchev–Trinajstić information content (AvgIpc) is 2.78. The first-order valence-electron chi connectivity index (χ1n) is 9.13. The van der Waals surface area contributed by atoms with Gasteiger partial charge in [-0.25, -0.2) is 8.42 Å². The zero-order valence-corrected chi connectivity index (χ0v) is 19.5. The van der Waals surface area contributed by atoms with Crippen molar-refractivity contribution in [3.63, 3.8) is 0 Å². The lowest BCUT2D eigenvalue weighted by Crippen LogP contribution is -2.31. The summed E-state index contributed by atoms with van der Waals surface area (Å²) in [6.07, 6.45) is 0. The minimum Gasteiger partial charge on any atom is -0.497 e. The van der Waals surface area contributed by atoms with Crippen LogP contribution in [0.15, 0.2) is 65.6 Å². The first-order valence-corrected chi connectivity index (χ1v) is 11.3. The fraction of sp³-hybridized carbons (Fsp3) is 0.182. The van der Waals surface area contributed by atoms with Crippen molar-refractivity contribution in [3.8, 4) is 17.2 Å². The number of methoxy groups -OCH3 is 3. The minimum atomic E-state index is -3.99. The summed E-state index contributed by atoms with van der Waals surface area (Å²) in [7, 11) is 0.509. The summed E-state index contributed by atoms with van der Waals surface area (Å²) < 4.78 is 44.4. The molecule has 0 heterocycles. The van der Waals surface area contributed by atoms with Gasteiger partial charge < -0.3 is 14.2 Å². The summed E-state index contributed by atoms with van der Waals surface area (Å²) >= 11 is 12.3. The quantitative estimate of drug-likeness (QED) is 0.429. The van der Waals surface area contributed by atoms with E-state index in [0.29, 0.717) is 38.5 Å². The van der Waals surface area contributed by atoms with Crippen molar-refractivity contribution in [2.75, 3.05) is 25.6 Å². The van der Waals surface area contributed by atoms with Crippen LogP contribution in [0.3, 0.4) is 0 Å². The van der Waals surface area contributed by atoms with Gasteiger partial charge in [0.05, 0.1) is 38.5 Å². The van der Waals surface area contributed by atoms with E-state index in [1.165, 1.54) is 37.8 Å². The molecule has 3 rings (SSSR count). The molecule has 0 bridgehead atoms. The smallest absolute Gasteiger partial charge is 0.264 e. The Morgan fingerprint density at radius 2 is 1.45 bits per heavy atom. The SMILES string of the molecule is COc1ccc(S(=O)(=O)N(Cc2ccc(Cl)cc2Cl)c2ccc(OC)cc2OC)cc1. The predicted octanol–water partition coefficient (Wildman–Crippen LogP) is 5.41. The van der Waals surface area contributed by atoms with Crippen LogP contribution in [0, 0.1) is 0 Å². The first kappa shape index (κ1) is 23.1. The summed E-state index contributed by atoms with van der Waals surface area (Å²) in [6.45, 7) is -0.0347. The van der Waals surface area contributed by atoms with Crippen LogP contribution in [-0.2, 0) is 16.6 Å². The molecule has 0 aliphatic carbocycles. The minimum absolute atomic E-state index is 0.0347. The second kappa shape index (κ2) is 9.68. The lowest BCUT2D eigenvalue weighted by molar-refractivity contribution is 0.394. The van der Waals surface area contributed by atoms with Gasteiger partial charge in [-0.05, 0) is 54.1 Å². The number of sulfonamides is 1. The van der Waals surface area contributed by atoms with Gasteiger partial charge >= 0.3 is 0 Å². The molecule has 0 aliphatic heterocycles. The second-order valence-corrected chi connectivity index (χ2v) is 9.17. The van der Waals surface area contributed by atoms with Gasteiger partial charge in [-0.15, -0.1) is 0 Å². The number of benzene rings is 3. The molecule has 0 amide bonds. The van der Waals surface area contributed by atoms with E-state index in [0.717, 1.165) is 0 Å². The van der Waals surface area contributed by atoms with Crippen molar-refractivity contribution < 1.29 is 22.6 Å². The van der Waals surface area contributed by atoms with Crippen LogP contribution in [0.5, 0.6) is 17.2 Å². The number of nitrogens with zero attached hydrogens (tertiary/aromatic N) is 1. The molecule has 0 N–H and O–H groups in total. The Balaban J connectivity index is 2.16. The van der Waals surface area contributed by atoms with Crippen molar-refractivity contribution in [2.24, 2.45) is 0 Å². The Labute approximate surface area is 191 Å². The number of hydrogen-bond acceptors (Lipinski definition) is 5. The van der Waals surface area contributed by atoms with Crippen LogP contribution in [0.4, 0.5) is 5.69 Å². The molecule has 0 unspecified atom stereocenters. The fourth-order valence-electron chi connectivity index (χ4n) is 2.97. The van der Waals surface area contributed by atoms with Gasteiger partial charge in [0.25, 0.3) is 10.0 Å². The molecule has 0 fully saturated rings. The number of rotatable bonds is 8. The molecule has 31 heavy (non-hydrogen) atoms. The molecular formula is C22H21Cl2NO5S. The Morgan fingerprint density at radius 3 is 2.03 bits per heavy atom. The highest BCUT2D eigenvalue weighted by Crippen LogP contribution is 2.37. The lowest BCUT2D eigenvalue weighted by atomic mass is 10.2. The van der Waals surface area contributed by atoms with Gasteiger partial charge in [-0.3, -0.25) is 4.31 Å². The van der Waals surface area contributed by atoms with E-state index < -0.39 is 10.0 Å². The molecule has 164 valence electrons. The van der Waals surface area contributed by atoms with Gasteiger partial charge in [0.15, 0.2) is 0 Å². The summed E-state index contributed by atoms with van der Waals surface area (Å²) in [5.41, 5.74) is 0.922. The summed E-state index contributed by atoms with van der Waals surface area (Å²) in [5, 5.41) is 0.815. The molecule has 0 aromatic heterocycles. The maximum atomic E-state index is 13.7. The van der Waals surface area contributed by atoms with E-state index >= 15 is 0 Å². The monoisotopic (exact) mass is 481 g/mol. The van der Waals surface area contributed by atoms with E-state index in [1.807, 2.05) is 0 Å². The largest absolute Gasteiger partial charge is 0.497 e. The van der Waals surface area contributed by atoms with Gasteiger partial charge in [0.1, 0.15) is 17.2 Å². The zero-order valence-electron chi connectivity index (χ0n) is 17.1. The van der Waals surface area contributed by atoms with Gasteiger partial charge in [-0.1, -0.05) is 29.3 Å². The highest BCUT2D eigenvalue weighted by Gasteiger charge is 2.28. The predicted molar refractivity (Wildman–Crippen MR) is 122 cm³/mol. The fourth-order valence-corrected chi connectivity index (χ4v) is 4.89. The highest BCUT2D eigenvalue weighted by atomic mass is 35.5. The van der Waals surface area contributed by atoms with Crippen molar-refractivity contribution in [3.05, 3.63) is 76.3 Å². The first-order chi connectivity index (χ1) is 14.8. The molecule has 6 nitrogen and oxygen atoms in total.